The number of hydrogen-bond acceptors (Lipinski definition) is 5. The van der Waals surface area contributed by atoms with Gasteiger partial charge in [0.15, 0.2) is 0 Å². The molecule has 3 aromatic rings. The lowest BCUT2D eigenvalue weighted by Crippen LogP contribution is -1.85. The Balaban J connectivity index is 2.29. The maximum atomic E-state index is 7.01. The molecule has 0 atom stereocenters. The summed E-state index contributed by atoms with van der Waals surface area (Å²) >= 11 is 2.23. The predicted molar refractivity (Wildman–Crippen MR) is 78.6 cm³/mol. The molecule has 6 nitrogen and oxygen atoms in total. The second-order valence-corrected chi connectivity index (χ2v) is 5.39. The first-order valence-corrected chi connectivity index (χ1v) is 6.68. The first kappa shape index (κ1) is 12.3. The second-order valence-electron chi connectivity index (χ2n) is 4.23. The molecule has 0 aliphatic heterocycles. The number of nitrogens with zero attached hydrogens (tertiary/aromatic N) is 3. The van der Waals surface area contributed by atoms with E-state index in [9.17, 15) is 0 Å². The molecule has 0 unspecified atom stereocenters. The van der Waals surface area contributed by atoms with E-state index < -0.39 is 0 Å². The van der Waals surface area contributed by atoms with Gasteiger partial charge in [0.05, 0.1) is 11.2 Å². The number of aryl methyl sites for hydroxylation is 2. The molecule has 0 saturated heterocycles. The first-order chi connectivity index (χ1) is 9.10. The molecule has 0 bridgehead atoms. The zero-order chi connectivity index (χ0) is 13.6. The number of halogens is 1. The summed E-state index contributed by atoms with van der Waals surface area (Å²) in [4.78, 5) is 7.25. The van der Waals surface area contributed by atoms with E-state index in [2.05, 4.69) is 42.8 Å². The third-order valence-electron chi connectivity index (χ3n) is 2.96. The highest BCUT2D eigenvalue weighted by atomic mass is 127. The van der Waals surface area contributed by atoms with Crippen LogP contribution in [0.15, 0.2) is 21.8 Å². The molecular weight excluding hydrogens is 357 g/mol. The Morgan fingerprint density at radius 1 is 1.37 bits per heavy atom. The fraction of sp³-hybridized carbons (Fsp3) is 0.167. The molecule has 96 valence electrons. The Kier molecular flexibility index (Phi) is 2.85. The van der Waals surface area contributed by atoms with Crippen LogP contribution in [0.5, 0.6) is 0 Å². The van der Waals surface area contributed by atoms with Crippen LogP contribution in [0.25, 0.3) is 22.2 Å². The predicted octanol–water partition coefficient (Wildman–Crippen LogP) is 4.10. The van der Waals surface area contributed by atoms with E-state index in [1.807, 2.05) is 26.0 Å². The Bertz CT molecular complexity index is 769. The maximum absolute atomic E-state index is 7.01. The van der Waals surface area contributed by atoms with Gasteiger partial charge in [0.25, 0.3) is 0 Å². The molecule has 2 N–H and O–H groups in total. The van der Waals surface area contributed by atoms with Crippen molar-refractivity contribution in [2.45, 2.75) is 13.8 Å². The molecule has 0 saturated carbocycles. The van der Waals surface area contributed by atoms with Crippen LogP contribution >= 0.6 is 22.6 Å². The van der Waals surface area contributed by atoms with Crippen molar-refractivity contribution in [1.29, 1.82) is 5.53 Å². The molecular formula is C12H10IN5O. The van der Waals surface area contributed by atoms with E-state index in [0.29, 0.717) is 5.95 Å². The number of nitrogens with one attached hydrogen (secondary N) is 2. The zero-order valence-corrected chi connectivity index (χ0v) is 12.4. The molecule has 1 aromatic carbocycles. The first-order valence-electron chi connectivity index (χ1n) is 5.60. The van der Waals surface area contributed by atoms with Crippen LogP contribution in [0, 0.1) is 22.9 Å². The van der Waals surface area contributed by atoms with Gasteiger partial charge in [0, 0.05) is 9.13 Å². The smallest absolute Gasteiger partial charge is 0.247 e. The lowest BCUT2D eigenvalue weighted by atomic mass is 10.0. The van der Waals surface area contributed by atoms with Crippen molar-refractivity contribution >= 4 is 39.6 Å². The number of rotatable bonds is 2. The van der Waals surface area contributed by atoms with Crippen molar-refractivity contribution in [2.24, 2.45) is 5.11 Å². The van der Waals surface area contributed by atoms with E-state index in [-0.39, 0.29) is 0 Å². The average molecular weight is 367 g/mol. The maximum Gasteiger partial charge on any atom is 0.247 e. The van der Waals surface area contributed by atoms with Gasteiger partial charge in [-0.3, -0.25) is 0 Å². The van der Waals surface area contributed by atoms with Crippen molar-refractivity contribution < 1.29 is 4.52 Å². The van der Waals surface area contributed by atoms with Crippen molar-refractivity contribution in [1.82, 2.24) is 15.1 Å². The third-order valence-corrected chi connectivity index (χ3v) is 3.78. The van der Waals surface area contributed by atoms with Gasteiger partial charge in [-0.1, -0.05) is 5.16 Å². The number of aromatic nitrogens is 3. The number of fused-ring (bicyclic) bond motifs is 1. The van der Waals surface area contributed by atoms with Crippen LogP contribution in [-0.2, 0) is 0 Å². The van der Waals surface area contributed by atoms with Gasteiger partial charge >= 0.3 is 0 Å². The normalized spacial score (nSPS) is 11.1. The SMILES string of the molecule is Cc1noc(C)c1-c1cc(I)c2nc(N=N)[nH]c2c1. The van der Waals surface area contributed by atoms with E-state index in [1.54, 1.807) is 0 Å². The Labute approximate surface area is 122 Å². The Hall–Kier alpha value is -1.77. The fourth-order valence-electron chi connectivity index (χ4n) is 2.15. The van der Waals surface area contributed by atoms with Crippen LogP contribution in [0.3, 0.4) is 0 Å². The number of hydrogen-bond donors (Lipinski definition) is 2. The molecule has 3 rings (SSSR count). The quantitative estimate of drug-likeness (QED) is 0.528. The molecule has 2 aromatic heterocycles. The van der Waals surface area contributed by atoms with Crippen LogP contribution in [0.4, 0.5) is 5.95 Å². The molecule has 2 heterocycles. The largest absolute Gasteiger partial charge is 0.361 e. The summed E-state index contributed by atoms with van der Waals surface area (Å²) in [6, 6.07) is 4.01. The third kappa shape index (κ3) is 1.93. The van der Waals surface area contributed by atoms with E-state index in [0.717, 1.165) is 37.2 Å². The van der Waals surface area contributed by atoms with Gasteiger partial charge in [0.1, 0.15) is 11.3 Å². The highest BCUT2D eigenvalue weighted by Crippen LogP contribution is 2.32. The minimum absolute atomic E-state index is 0.309. The molecule has 7 heteroatoms. The number of H-pyrrole nitrogens is 1. The molecule has 0 radical (unpaired) electrons. The number of imidazole rings is 1. The van der Waals surface area contributed by atoms with Crippen LogP contribution in [0.1, 0.15) is 11.5 Å². The summed E-state index contributed by atoms with van der Waals surface area (Å²) in [5.74, 6) is 1.10. The van der Waals surface area contributed by atoms with Gasteiger partial charge in [-0.15, -0.1) is 5.11 Å². The Morgan fingerprint density at radius 2 is 2.16 bits per heavy atom. The molecule has 0 aliphatic carbocycles. The molecule has 0 aliphatic rings. The highest BCUT2D eigenvalue weighted by Gasteiger charge is 2.15. The summed E-state index contributed by atoms with van der Waals surface area (Å²) in [5.41, 5.74) is 11.6. The molecule has 0 amide bonds. The van der Waals surface area contributed by atoms with Gasteiger partial charge < -0.3 is 9.51 Å². The topological polar surface area (TPSA) is 90.9 Å². The second kappa shape index (κ2) is 4.41. The summed E-state index contributed by atoms with van der Waals surface area (Å²) in [6.45, 7) is 3.81. The minimum Gasteiger partial charge on any atom is -0.361 e. The van der Waals surface area contributed by atoms with Crippen molar-refractivity contribution in [3.63, 3.8) is 0 Å². The monoisotopic (exact) mass is 367 g/mol. The van der Waals surface area contributed by atoms with Crippen LogP contribution in [0.2, 0.25) is 0 Å². The van der Waals surface area contributed by atoms with Crippen molar-refractivity contribution in [3.05, 3.63) is 27.2 Å². The van der Waals surface area contributed by atoms with Crippen molar-refractivity contribution in [2.75, 3.05) is 0 Å². The lowest BCUT2D eigenvalue weighted by Gasteiger charge is -2.02. The molecule has 0 fully saturated rings. The van der Waals surface area contributed by atoms with Crippen LogP contribution < -0.4 is 0 Å². The van der Waals surface area contributed by atoms with Gasteiger partial charge in [-0.25, -0.2) is 10.5 Å². The lowest BCUT2D eigenvalue weighted by molar-refractivity contribution is 0.393. The summed E-state index contributed by atoms with van der Waals surface area (Å²) in [7, 11) is 0. The van der Waals surface area contributed by atoms with Gasteiger partial charge in [-0.05, 0) is 54.1 Å². The minimum atomic E-state index is 0.309. The molecule has 19 heavy (non-hydrogen) atoms. The average Bonchev–Trinajstić information content (AvgIpc) is 2.93. The molecule has 0 spiro atoms. The van der Waals surface area contributed by atoms with Gasteiger partial charge in [-0.2, -0.15) is 0 Å². The summed E-state index contributed by atoms with van der Waals surface area (Å²) in [6.07, 6.45) is 0. The van der Waals surface area contributed by atoms with Crippen molar-refractivity contribution in [3.8, 4) is 11.1 Å². The summed E-state index contributed by atoms with van der Waals surface area (Å²) in [5, 5.41) is 7.30. The van der Waals surface area contributed by atoms with E-state index in [1.165, 1.54) is 0 Å². The standard InChI is InChI=1S/C12H10IN5O/c1-5-10(6(2)19-18-5)7-3-8(13)11-9(4-7)15-12(16-11)17-14/h3-4,14H,1-2H3,(H,15,16). The number of benzene rings is 1. The Morgan fingerprint density at radius 3 is 2.79 bits per heavy atom. The highest BCUT2D eigenvalue weighted by molar-refractivity contribution is 14.1. The van der Waals surface area contributed by atoms with E-state index in [4.69, 9.17) is 10.1 Å². The van der Waals surface area contributed by atoms with Crippen LogP contribution in [-0.4, -0.2) is 15.1 Å². The fourth-order valence-corrected chi connectivity index (χ4v) is 2.90. The zero-order valence-electron chi connectivity index (χ0n) is 10.3. The number of aromatic amines is 1. The summed E-state index contributed by atoms with van der Waals surface area (Å²) < 4.78 is 6.20. The van der Waals surface area contributed by atoms with E-state index >= 15 is 0 Å². The van der Waals surface area contributed by atoms with Gasteiger partial charge in [0.2, 0.25) is 5.95 Å².